The largest absolute Gasteiger partial charge is 1.00 e. The minimum absolute atomic E-state index is 0. The third-order valence-electron chi connectivity index (χ3n) is 13.6. The smallest absolute Gasteiger partial charge is 0.306 e. The molecule has 0 unspecified atom stereocenters. The second-order valence-electron chi connectivity index (χ2n) is 15.6. The lowest BCUT2D eigenvalue weighted by molar-refractivity contribution is -0.940. The number of piperidine rings is 1. The van der Waals surface area contributed by atoms with Crippen LogP contribution in [0.4, 0.5) is 0 Å². The number of morpholine rings is 1. The van der Waals surface area contributed by atoms with Gasteiger partial charge in [0.25, 0.3) is 0 Å². The molecule has 2 heterocycles. The van der Waals surface area contributed by atoms with Gasteiger partial charge < -0.3 is 35.7 Å². The fraction of sp³-hybridized carbons (Fsp3) is 0.941. The number of hydrogen-bond donors (Lipinski definition) is 0. The van der Waals surface area contributed by atoms with Gasteiger partial charge >= 0.3 is 11.9 Å². The molecular formula is C34H57BrN2O5. The molecule has 0 aromatic heterocycles. The number of likely N-dealkylation sites (tertiary alicyclic amines) is 1. The number of hydrogen-bond acceptors (Lipinski definition) is 6. The Bertz CT molecular complexity index is 983. The quantitative estimate of drug-likeness (QED) is 0.335. The van der Waals surface area contributed by atoms with Crippen LogP contribution in [0.15, 0.2) is 0 Å². The van der Waals surface area contributed by atoms with Crippen molar-refractivity contribution in [1.29, 1.82) is 0 Å². The van der Waals surface area contributed by atoms with E-state index in [1.165, 1.54) is 58.0 Å². The van der Waals surface area contributed by atoms with E-state index in [2.05, 4.69) is 25.8 Å². The molecule has 0 spiro atoms. The molecule has 0 bridgehead atoms. The maximum atomic E-state index is 12.9. The van der Waals surface area contributed by atoms with Crippen molar-refractivity contribution >= 4 is 11.9 Å². The highest BCUT2D eigenvalue weighted by atomic mass is 79.9. The number of esters is 2. The van der Waals surface area contributed by atoms with Crippen LogP contribution in [-0.4, -0.2) is 92.1 Å². The van der Waals surface area contributed by atoms with E-state index < -0.39 is 0 Å². The fourth-order valence-electron chi connectivity index (χ4n) is 11.4. The van der Waals surface area contributed by atoms with Crippen molar-refractivity contribution in [2.45, 2.75) is 123 Å². The summed E-state index contributed by atoms with van der Waals surface area (Å²) in [5.41, 5.74) is 0.318. The number of carbonyl (C=O) groups excluding carboxylic acids is 2. The SMILES string of the molecule is CCC(=O)O[C@H]1[C@@H]([N+]2(C)CCCCC2)C[C@H]2[C@@H]3CC[C@H]4C[C@H](OC(C)=O)[C@@H](N5CCOCC5)C[C@]4(C)[C@H]3CC[C@@]21C.[Br-]. The Hall–Kier alpha value is -0.700. The van der Waals surface area contributed by atoms with Crippen molar-refractivity contribution in [1.82, 2.24) is 4.90 Å². The fourth-order valence-corrected chi connectivity index (χ4v) is 11.4. The van der Waals surface area contributed by atoms with Crippen LogP contribution in [0, 0.1) is 34.5 Å². The molecule has 8 heteroatoms. The Morgan fingerprint density at radius 2 is 1.67 bits per heavy atom. The van der Waals surface area contributed by atoms with Crippen LogP contribution in [-0.2, 0) is 23.8 Å². The molecule has 7 nitrogen and oxygen atoms in total. The molecule has 0 radical (unpaired) electrons. The van der Waals surface area contributed by atoms with Gasteiger partial charge in [-0.05, 0) is 86.9 Å². The predicted octanol–water partition coefficient (Wildman–Crippen LogP) is 2.21. The number of likely N-dealkylation sites (N-methyl/N-ethyl adjacent to an activating group) is 1. The van der Waals surface area contributed by atoms with Gasteiger partial charge in [0, 0.05) is 44.3 Å². The lowest BCUT2D eigenvalue weighted by Gasteiger charge is -2.62. The van der Waals surface area contributed by atoms with Crippen molar-refractivity contribution in [3.63, 3.8) is 0 Å². The number of halogens is 1. The van der Waals surface area contributed by atoms with Crippen molar-refractivity contribution in [2.75, 3.05) is 46.4 Å². The van der Waals surface area contributed by atoms with Gasteiger partial charge in [-0.2, -0.15) is 0 Å². The van der Waals surface area contributed by atoms with Crippen LogP contribution >= 0.6 is 0 Å². The predicted molar refractivity (Wildman–Crippen MR) is 158 cm³/mol. The lowest BCUT2D eigenvalue weighted by Crippen LogP contribution is -3.00. The number of fused-ring (bicyclic) bond motifs is 5. The van der Waals surface area contributed by atoms with Gasteiger partial charge in [0.05, 0.1) is 33.4 Å². The van der Waals surface area contributed by atoms with Gasteiger partial charge in [0.2, 0.25) is 0 Å². The first kappa shape index (κ1) is 32.7. The molecule has 6 rings (SSSR count). The molecule has 42 heavy (non-hydrogen) atoms. The molecular weight excluding hydrogens is 596 g/mol. The number of ether oxygens (including phenoxy) is 3. The molecule has 240 valence electrons. The zero-order valence-electron chi connectivity index (χ0n) is 27.0. The van der Waals surface area contributed by atoms with Crippen LogP contribution in [0.2, 0.25) is 0 Å². The van der Waals surface area contributed by atoms with Gasteiger partial charge in [-0.1, -0.05) is 20.8 Å². The molecule has 4 aliphatic carbocycles. The minimum atomic E-state index is -0.141. The van der Waals surface area contributed by atoms with E-state index in [1.807, 2.05) is 6.92 Å². The van der Waals surface area contributed by atoms with Gasteiger partial charge in [0.15, 0.2) is 6.10 Å². The normalized spacial score (nSPS) is 45.0. The third-order valence-corrected chi connectivity index (χ3v) is 13.6. The molecule has 6 aliphatic rings. The van der Waals surface area contributed by atoms with E-state index >= 15 is 0 Å². The van der Waals surface area contributed by atoms with E-state index in [1.54, 1.807) is 6.92 Å². The molecule has 2 aliphatic heterocycles. The van der Waals surface area contributed by atoms with Crippen molar-refractivity contribution in [3.05, 3.63) is 0 Å². The lowest BCUT2D eigenvalue weighted by atomic mass is 9.44. The summed E-state index contributed by atoms with van der Waals surface area (Å²) in [4.78, 5) is 27.6. The Balaban J connectivity index is 0.00000353. The topological polar surface area (TPSA) is 65.1 Å². The van der Waals surface area contributed by atoms with Gasteiger partial charge in [-0.15, -0.1) is 0 Å². The number of quaternary nitrogens is 1. The van der Waals surface area contributed by atoms with E-state index in [-0.39, 0.29) is 58.0 Å². The first-order valence-electron chi connectivity index (χ1n) is 17.1. The van der Waals surface area contributed by atoms with Gasteiger partial charge in [-0.3, -0.25) is 14.5 Å². The standard InChI is InChI=1S/C34H57N2O5.BrH/c1-6-31(38)41-32-29(36(5)16-8-7-9-17-36)21-27-25-11-10-24-20-30(40-23(2)37)28(35-14-18-39-19-15-35)22-34(24,4)26(25)12-13-33(27,32)3;/h24-30,32H,6-22H2,1-5H3;1H/q+1;/p-1/t24-,25+,26-,27-,28-,29-,30-,32-,33-,34-;/m0./s1. The van der Waals surface area contributed by atoms with Gasteiger partial charge in [-0.25, -0.2) is 0 Å². The summed E-state index contributed by atoms with van der Waals surface area (Å²) in [7, 11) is 2.47. The van der Waals surface area contributed by atoms with Crippen LogP contribution < -0.4 is 17.0 Å². The zero-order valence-corrected chi connectivity index (χ0v) is 28.5. The highest BCUT2D eigenvalue weighted by Crippen LogP contribution is 2.67. The molecule has 0 amide bonds. The summed E-state index contributed by atoms with van der Waals surface area (Å²) >= 11 is 0. The first-order valence-corrected chi connectivity index (χ1v) is 17.1. The average Bonchev–Trinajstić information content (AvgIpc) is 3.26. The maximum absolute atomic E-state index is 12.9. The Labute approximate surface area is 265 Å². The number of nitrogens with zero attached hydrogens (tertiary/aromatic N) is 2. The van der Waals surface area contributed by atoms with Crippen molar-refractivity contribution in [3.8, 4) is 0 Å². The molecule has 6 fully saturated rings. The van der Waals surface area contributed by atoms with Crippen LogP contribution in [0.3, 0.4) is 0 Å². The highest BCUT2D eigenvalue weighted by Gasteiger charge is 2.67. The Kier molecular flexibility index (Phi) is 9.80. The van der Waals surface area contributed by atoms with E-state index in [9.17, 15) is 9.59 Å². The molecule has 0 aromatic rings. The third kappa shape index (κ3) is 5.62. The van der Waals surface area contributed by atoms with Crippen LogP contribution in [0.1, 0.15) is 98.3 Å². The van der Waals surface area contributed by atoms with Crippen molar-refractivity contribution < 1.29 is 45.3 Å². The summed E-state index contributed by atoms with van der Waals surface area (Å²) in [6.07, 6.45) is 12.6. The zero-order chi connectivity index (χ0) is 29.0. The van der Waals surface area contributed by atoms with Crippen molar-refractivity contribution in [2.24, 2.45) is 34.5 Å². The summed E-state index contributed by atoms with van der Waals surface area (Å²) in [5.74, 6) is 2.44. The number of rotatable bonds is 5. The summed E-state index contributed by atoms with van der Waals surface area (Å²) < 4.78 is 19.4. The van der Waals surface area contributed by atoms with Crippen LogP contribution in [0.5, 0.6) is 0 Å². The van der Waals surface area contributed by atoms with Crippen LogP contribution in [0.25, 0.3) is 0 Å². The Morgan fingerprint density at radius 3 is 2.33 bits per heavy atom. The summed E-state index contributed by atoms with van der Waals surface area (Å²) in [6.45, 7) is 14.5. The Morgan fingerprint density at radius 1 is 0.952 bits per heavy atom. The molecule has 2 saturated heterocycles. The second kappa shape index (κ2) is 12.6. The van der Waals surface area contributed by atoms with E-state index in [0.717, 1.165) is 50.0 Å². The monoisotopic (exact) mass is 652 g/mol. The molecule has 0 N–H and O–H groups in total. The molecule has 4 saturated carbocycles. The van der Waals surface area contributed by atoms with E-state index in [4.69, 9.17) is 14.2 Å². The second-order valence-corrected chi connectivity index (χ2v) is 15.6. The molecule has 0 aromatic carbocycles. The van der Waals surface area contributed by atoms with Gasteiger partial charge in [0.1, 0.15) is 12.1 Å². The first-order chi connectivity index (χ1) is 19.6. The molecule has 10 atom stereocenters. The minimum Gasteiger partial charge on any atom is -1.00 e. The average molecular weight is 654 g/mol. The summed E-state index contributed by atoms with van der Waals surface area (Å²) in [6, 6.07) is 0.703. The van der Waals surface area contributed by atoms with E-state index in [0.29, 0.717) is 36.1 Å². The summed E-state index contributed by atoms with van der Waals surface area (Å²) in [5, 5.41) is 0. The maximum Gasteiger partial charge on any atom is 0.306 e. The number of carbonyl (C=O) groups is 2. The highest BCUT2D eigenvalue weighted by molar-refractivity contribution is 5.69.